The molecule has 8 rings (SSSR count). The molecule has 0 saturated carbocycles. The average molecular weight is 1390 g/mol. The number of aromatic nitrogens is 4. The molecule has 0 radical (unpaired) electrons. The molecule has 0 atom stereocenters. The number of halogens is 4. The number of amides is 2. The standard InChI is InChI=1S/C16H15BN2O4.C9H11ClN2O2.C9H9ClN2O.C7H7BO3.C6H4Cl2N2O.C3H8O.66H2/c1-3-8-21-16-14(18-2)6-7-15(19-16)23-12-4-5-13-11(9-12)10-22-17(13)20;1-2-5-14-9-6(8(11)13)3-4-7(10)12-9;1-3-6-13-9-7(11-2)4-5-8(10)12-9;9-6-1-2-7-5(3-6)4-11-8(7)10;7-4-2-1-3(6(9)11)5(8)10-4;1-2-3-4;;;;;;;;;;;;;;;;;;;;;;;;;;;;;;;;;;;;;;;;;;;;;;;;;;;;;;;;;;;;;;;;;;/h4-7,9,20H,3,8,10H2,1H3;3-4H,2,5H2,1H3,(H2,11,13);4-5H,3,6H2,1H3;1-3,9-10H,4H2;1-2H,(H2,9,11);4H,2-3H2,1H3;66*1H/i;;;;;;65*1+1D;1+1. The summed E-state index contributed by atoms with van der Waals surface area (Å²) in [7, 11) is -1.69. The Bertz CT molecular complexity index is 3130. The van der Waals surface area contributed by atoms with Crippen LogP contribution in [0.3, 0.4) is 0 Å². The van der Waals surface area contributed by atoms with E-state index in [9.17, 15) is 14.6 Å². The Morgan fingerprint density at radius 3 is 1.59 bits per heavy atom. The number of nitrogens with two attached hydrogens (primary N) is 2. The van der Waals surface area contributed by atoms with Gasteiger partial charge in [-0.05, 0) is 121 Å². The predicted octanol–water partition coefficient (Wildman–Crippen LogP) is 24.9. The summed E-state index contributed by atoms with van der Waals surface area (Å²) in [5, 5.41) is 36.6. The molecule has 0 bridgehead atoms. The molecule has 0 aliphatic carbocycles. The zero-order valence-corrected chi connectivity index (χ0v) is 44.7. The molecule has 4 aromatic heterocycles. The summed E-state index contributed by atoms with van der Waals surface area (Å²) < 4.78 is 682. The van der Waals surface area contributed by atoms with Gasteiger partial charge in [-0.1, -0.05) is 86.2 Å². The summed E-state index contributed by atoms with van der Waals surface area (Å²) in [5.41, 5.74) is 14.5. The molecule has 6 aromatic rings. The maximum Gasteiger partial charge on any atom is 0.491 e. The van der Waals surface area contributed by atoms with Gasteiger partial charge in [-0.3, -0.25) is 9.59 Å². The van der Waals surface area contributed by atoms with Crippen LogP contribution in [-0.4, -0.2) is 92.7 Å². The second-order valence-corrected chi connectivity index (χ2v) is 16.8. The van der Waals surface area contributed by atoms with E-state index in [1.54, 1.807) is 48.5 Å². The van der Waals surface area contributed by atoms with Gasteiger partial charge in [0.25, 0.3) is 11.8 Å². The van der Waals surface area contributed by atoms with Crippen LogP contribution in [0.15, 0.2) is 84.9 Å². The molecule has 20 nitrogen and oxygen atoms in total. The molecule has 2 aliphatic rings. The van der Waals surface area contributed by atoms with E-state index < -0.39 is 26.1 Å². The minimum atomic E-state index is -0.871. The number of primary amides is 2. The topological polar surface area (TPSA) is 283 Å². The molecule has 2 aromatic carbocycles. The normalized spacial score (nSPS) is 18.1. The van der Waals surface area contributed by atoms with Gasteiger partial charge in [0.2, 0.25) is 34.9 Å². The first-order chi connectivity index (χ1) is 101. The number of aliphatic hydroxyl groups is 1. The highest BCUT2D eigenvalue weighted by molar-refractivity contribution is 6.62. The molecular formula is C50H186B2Cl4N8O12. The highest BCUT2D eigenvalue weighted by atomic mass is 35.5. The molecule has 26 heteroatoms. The number of aromatic hydroxyl groups is 1. The fourth-order valence-electron chi connectivity index (χ4n) is 5.78. The zero-order valence-electron chi connectivity index (χ0n) is 172. The number of phenolic OH excluding ortho intramolecular Hbond substituents is 1. The summed E-state index contributed by atoms with van der Waals surface area (Å²) in [6.45, 7) is 24.4. The molecule has 2 aliphatic heterocycles. The number of pyridine rings is 4. The number of carbonyl (C=O) groups is 2. The van der Waals surface area contributed by atoms with E-state index in [0.717, 1.165) is 47.7 Å². The van der Waals surface area contributed by atoms with Crippen LogP contribution in [0.4, 0.5) is 11.4 Å². The van der Waals surface area contributed by atoms with Gasteiger partial charge in [0.05, 0.1) is 51.7 Å². The minimum Gasteiger partial charge on any atom is -0.508 e. The van der Waals surface area contributed by atoms with Crippen LogP contribution in [0.25, 0.3) is 9.69 Å². The van der Waals surface area contributed by atoms with Crippen LogP contribution in [0, 0.1) is 13.1 Å². The number of carbonyl (C=O) groups excluding carboxylic acids is 2. The second-order valence-electron chi connectivity index (χ2n) is 15.3. The second kappa shape index (κ2) is 33.9. The molecular weight excluding hydrogens is 1070 g/mol. The van der Waals surface area contributed by atoms with Gasteiger partial charge in [0.1, 0.15) is 37.7 Å². The number of hydrogen-bond donors (Lipinski definition) is 6. The Balaban J connectivity index is -0.0000000167. The molecule has 6 heterocycles. The number of nitrogens with zero attached hydrogens (tertiary/aromatic N) is 6. The Morgan fingerprint density at radius 1 is 0.645 bits per heavy atom. The third-order valence-corrected chi connectivity index (χ3v) is 10.3. The molecule has 76 heavy (non-hydrogen) atoms. The van der Waals surface area contributed by atoms with Crippen LogP contribution in [-0.2, 0) is 22.5 Å². The van der Waals surface area contributed by atoms with Crippen LogP contribution in [0.1, 0.15) is 280 Å². The lowest BCUT2D eigenvalue weighted by atomic mass is 9.80. The molecule has 0 unspecified atom stereocenters. The van der Waals surface area contributed by atoms with E-state index in [0.29, 0.717) is 73.7 Å². The first-order valence-electron chi connectivity index (χ1n) is 88.1. The van der Waals surface area contributed by atoms with E-state index in [1.807, 2.05) is 33.8 Å². The van der Waals surface area contributed by atoms with Crippen LogP contribution >= 0.6 is 46.4 Å². The highest BCUT2D eigenvalue weighted by Gasteiger charge is 2.28. The van der Waals surface area contributed by atoms with Gasteiger partial charge in [0, 0.05) is 201 Å². The minimum absolute atomic E-state index is 0. The average Bonchev–Trinajstić information content (AvgIpc) is 1.67. The summed E-state index contributed by atoms with van der Waals surface area (Å²) in [5.74, 6) is 0.769. The molecule has 0 fully saturated rings. The number of benzene rings is 2. The van der Waals surface area contributed by atoms with Crippen molar-refractivity contribution in [3.63, 3.8) is 0 Å². The number of aliphatic hydroxyl groups excluding tert-OH is 1. The maximum atomic E-state index is 11.0. The first kappa shape index (κ1) is 17.3. The van der Waals surface area contributed by atoms with Crippen molar-refractivity contribution < 1.29 is 253 Å². The van der Waals surface area contributed by atoms with Gasteiger partial charge in [-0.15, -0.1) is 0 Å². The van der Waals surface area contributed by atoms with E-state index in [2.05, 4.69) is 29.6 Å². The molecule has 532 valence electrons. The SMILES string of the molecule is CCCO.CCCOc1nc(Cl)ccc1C(N)=O.NC(=O)c1ccc(Cl)nc1Cl.OB1OCc2cc(O)ccc21.[2HH].[2H][2H].[2H][2H].[2H][2H].[2H][2H].[2H][2H].[2H][2H].[2H][2H].[2H][2H].[2H][2H].[2H][2H].[2H][2H].[2H][2H].[2H][2H].[2H][2H].[2H][2H].[2H][2H].[2H][2H].[2H][2H].[2H][2H].[2H][2H].[2H][2H].[2H][2H].[2H][2H].[2H][2H].[2H][2H].[2H][2H].[2H][2H].[2H][2H].[2H][2H].[2H][2H].[2H][2H].[2H][2H].[2H][2H].[2H][2H].[2H][2H].[2H][2H].[2H][2H].[2H][2H].[2H][2H].[2H][2H].[2H][2H].[2H][2H].[2H][2H].[2H][2H].[2H][2H].[2H][2H].[2H][2H].[2H][2H].[2H][2H].[2H][2H].[2H][2H].[2H][2H].[2H][2H].[2H][2H].[2H][2H].[2H][2H].[2H][2H].[2H][2H].[2H][2H].[2H][2H].[2H][2H].[2H][2H].[2H][2H].[2H][2H].[2H][2H].[C-]#[N+]c1ccc(Cl)nc1OCCC.[C-]#[N+]c1ccc(Oc2ccc3c(c2)COB3O)nc1OCCC. The van der Waals surface area contributed by atoms with Crippen molar-refractivity contribution >= 4 is 94.8 Å². The number of rotatable bonds is 14. The highest BCUT2D eigenvalue weighted by Crippen LogP contribution is 2.31. The van der Waals surface area contributed by atoms with Crippen LogP contribution < -0.4 is 41.3 Å². The number of phenols is 1. The van der Waals surface area contributed by atoms with Crippen LogP contribution in [0.5, 0.6) is 35.0 Å². The van der Waals surface area contributed by atoms with Gasteiger partial charge < -0.3 is 60.0 Å². The molecule has 0 saturated heterocycles. The molecule has 8 N–H and O–H groups in total. The zero-order chi connectivity index (χ0) is 186. The lowest BCUT2D eigenvalue weighted by Crippen LogP contribution is -2.27. The summed E-state index contributed by atoms with van der Waals surface area (Å²) in [6, 6.07) is 22.5. The van der Waals surface area contributed by atoms with Crippen molar-refractivity contribution in [1.29, 1.82) is 0 Å². The maximum absolute atomic E-state index is 11.0. The Hall–Kier alpha value is -6.95. The quantitative estimate of drug-likeness (QED) is 0.0336. The number of hydrogen-bond acceptors (Lipinski definition) is 16. The first-order valence-corrected chi connectivity index (χ1v) is 24.7. The summed E-state index contributed by atoms with van der Waals surface area (Å²) >= 11 is 22.3. The third kappa shape index (κ3) is 21.0. The van der Waals surface area contributed by atoms with Gasteiger partial charge in [-0.2, -0.15) is 4.98 Å². The molecule has 2 amide bonds. The lowest BCUT2D eigenvalue weighted by Gasteiger charge is -2.10. The van der Waals surface area contributed by atoms with Gasteiger partial charge >= 0.3 is 14.2 Å². The monoisotopic (exact) mass is 1390 g/mol. The Morgan fingerprint density at radius 2 is 1.09 bits per heavy atom. The van der Waals surface area contributed by atoms with Crippen molar-refractivity contribution in [1.82, 2.24) is 19.9 Å². The van der Waals surface area contributed by atoms with Crippen molar-refractivity contribution in [2.24, 2.45) is 11.5 Å². The third-order valence-electron chi connectivity index (χ3n) is 9.37. The lowest BCUT2D eigenvalue weighted by molar-refractivity contribution is 0.0988. The van der Waals surface area contributed by atoms with Gasteiger partial charge in [0.15, 0.2) is 0 Å². The Labute approximate surface area is 662 Å². The van der Waals surface area contributed by atoms with E-state index in [4.69, 9.17) is 308 Å². The largest absolute Gasteiger partial charge is 0.508 e. The van der Waals surface area contributed by atoms with Gasteiger partial charge in [-0.25, -0.2) is 24.6 Å². The van der Waals surface area contributed by atoms with Crippen molar-refractivity contribution in [2.75, 3.05) is 26.4 Å². The van der Waals surface area contributed by atoms with Crippen molar-refractivity contribution in [3.05, 3.63) is 151 Å². The fourth-order valence-corrected chi connectivity index (χ4v) is 6.50. The summed E-state index contributed by atoms with van der Waals surface area (Å²) in [4.78, 5) is 43.9. The van der Waals surface area contributed by atoms with E-state index in [1.165, 1.54) is 30.3 Å². The van der Waals surface area contributed by atoms with Crippen LogP contribution in [0.2, 0.25) is 20.6 Å². The van der Waals surface area contributed by atoms with Crippen molar-refractivity contribution in [3.8, 4) is 35.0 Å². The number of ether oxygens (including phenoxy) is 4. The smallest absolute Gasteiger partial charge is 0.491 e. The predicted molar refractivity (Wildman–Crippen MR) is 430 cm³/mol. The molecule has 0 spiro atoms. The Kier molecular flexibility index (Phi) is 7.70. The van der Waals surface area contributed by atoms with E-state index >= 15 is 0 Å². The van der Waals surface area contributed by atoms with E-state index in [-0.39, 0.29) is 45.5 Å². The fraction of sp³-hybridized carbons (Fsp3) is 0.280. The van der Waals surface area contributed by atoms with Crippen molar-refractivity contribution in [2.45, 2.75) is 66.6 Å². The number of fused-ring (bicyclic) bond motifs is 2. The summed E-state index contributed by atoms with van der Waals surface area (Å²) in [6.07, 6.45) is 3.41.